The van der Waals surface area contributed by atoms with Gasteiger partial charge in [0, 0.05) is 37.4 Å². The molecule has 1 aromatic heterocycles. The maximum absolute atomic E-state index is 12.1. The average molecular weight is 445 g/mol. The third-order valence-electron chi connectivity index (χ3n) is 4.84. The average Bonchev–Trinajstić information content (AvgIpc) is 2.83. The second-order valence-corrected chi connectivity index (χ2v) is 8.01. The second kappa shape index (κ2) is 11.7. The second-order valence-electron chi connectivity index (χ2n) is 8.01. The van der Waals surface area contributed by atoms with Crippen LogP contribution >= 0.6 is 0 Å². The van der Waals surface area contributed by atoms with Gasteiger partial charge in [-0.25, -0.2) is 9.97 Å². The van der Waals surface area contributed by atoms with E-state index in [9.17, 15) is 10.1 Å². The van der Waals surface area contributed by atoms with Crippen LogP contribution in [-0.4, -0.2) is 42.7 Å². The summed E-state index contributed by atoms with van der Waals surface area (Å²) in [6.45, 7) is 5.62. The molecule has 0 radical (unpaired) electrons. The number of amides is 1. The van der Waals surface area contributed by atoms with E-state index in [2.05, 4.69) is 35.2 Å². The summed E-state index contributed by atoms with van der Waals surface area (Å²) in [7, 11) is 1.60. The van der Waals surface area contributed by atoms with Crippen LogP contribution in [0, 0.1) is 17.2 Å². The highest BCUT2D eigenvalue weighted by molar-refractivity contribution is 5.94. The molecule has 170 valence electrons. The highest BCUT2D eigenvalue weighted by Crippen LogP contribution is 2.26. The van der Waals surface area contributed by atoms with E-state index in [1.807, 2.05) is 30.3 Å². The van der Waals surface area contributed by atoms with Gasteiger partial charge in [0.25, 0.3) is 5.91 Å². The Morgan fingerprint density at radius 1 is 1.15 bits per heavy atom. The lowest BCUT2D eigenvalue weighted by atomic mass is 10.1. The molecule has 7 heteroatoms. The van der Waals surface area contributed by atoms with Gasteiger partial charge in [-0.1, -0.05) is 26.0 Å². The Balaban J connectivity index is 1.71. The minimum absolute atomic E-state index is 0.133. The number of carbonyl (C=O) groups is 1. The van der Waals surface area contributed by atoms with E-state index in [0.29, 0.717) is 54.8 Å². The first-order valence-corrected chi connectivity index (χ1v) is 10.9. The lowest BCUT2D eigenvalue weighted by Crippen LogP contribution is -2.26. The molecule has 3 rings (SSSR count). The predicted molar refractivity (Wildman–Crippen MR) is 126 cm³/mol. The van der Waals surface area contributed by atoms with Crippen molar-refractivity contribution in [1.82, 2.24) is 15.3 Å². The summed E-state index contributed by atoms with van der Waals surface area (Å²) < 4.78 is 10.7. The Morgan fingerprint density at radius 2 is 1.94 bits per heavy atom. The molecule has 0 aliphatic rings. The predicted octanol–water partition coefficient (Wildman–Crippen LogP) is 4.02. The van der Waals surface area contributed by atoms with Gasteiger partial charge in [-0.15, -0.1) is 0 Å². The number of nitriles is 1. The SMILES string of the molecule is COCCNC(=O)c1ccc(Cc2nccc(-c3ccc(OCC(C)C)c(C#N)c3)n2)cc1. The van der Waals surface area contributed by atoms with Crippen LogP contribution < -0.4 is 10.1 Å². The maximum atomic E-state index is 12.1. The van der Waals surface area contributed by atoms with Gasteiger partial charge >= 0.3 is 0 Å². The van der Waals surface area contributed by atoms with Crippen LogP contribution in [0.5, 0.6) is 5.75 Å². The molecule has 33 heavy (non-hydrogen) atoms. The van der Waals surface area contributed by atoms with Gasteiger partial charge in [-0.05, 0) is 47.9 Å². The number of aromatic nitrogens is 2. The fourth-order valence-electron chi connectivity index (χ4n) is 3.13. The molecule has 3 aromatic rings. The van der Waals surface area contributed by atoms with Gasteiger partial charge in [0.1, 0.15) is 17.6 Å². The first kappa shape index (κ1) is 23.9. The van der Waals surface area contributed by atoms with Gasteiger partial charge in [-0.2, -0.15) is 5.26 Å². The minimum Gasteiger partial charge on any atom is -0.492 e. The van der Waals surface area contributed by atoms with Crippen molar-refractivity contribution in [3.05, 3.63) is 77.2 Å². The third-order valence-corrected chi connectivity index (χ3v) is 4.84. The first-order valence-electron chi connectivity index (χ1n) is 10.9. The van der Waals surface area contributed by atoms with E-state index in [1.54, 1.807) is 31.5 Å². The maximum Gasteiger partial charge on any atom is 0.251 e. The van der Waals surface area contributed by atoms with Crippen LogP contribution in [0.1, 0.15) is 41.2 Å². The summed E-state index contributed by atoms with van der Waals surface area (Å²) in [4.78, 5) is 21.2. The van der Waals surface area contributed by atoms with Crippen molar-refractivity contribution in [1.29, 1.82) is 5.26 Å². The lowest BCUT2D eigenvalue weighted by Gasteiger charge is -2.11. The van der Waals surface area contributed by atoms with E-state index in [0.717, 1.165) is 16.8 Å². The fraction of sp³-hybridized carbons (Fsp3) is 0.308. The van der Waals surface area contributed by atoms with Crippen LogP contribution in [0.4, 0.5) is 0 Å². The van der Waals surface area contributed by atoms with Crippen molar-refractivity contribution in [2.45, 2.75) is 20.3 Å². The Hall–Kier alpha value is -3.76. The molecule has 0 saturated carbocycles. The van der Waals surface area contributed by atoms with E-state index >= 15 is 0 Å². The summed E-state index contributed by atoms with van der Waals surface area (Å²) in [5.41, 5.74) is 3.63. The largest absolute Gasteiger partial charge is 0.492 e. The first-order chi connectivity index (χ1) is 16.0. The van der Waals surface area contributed by atoms with Gasteiger partial charge in [0.2, 0.25) is 0 Å². The van der Waals surface area contributed by atoms with Crippen LogP contribution in [0.3, 0.4) is 0 Å². The number of nitrogens with one attached hydrogen (secondary N) is 1. The van der Waals surface area contributed by atoms with Crippen LogP contribution in [-0.2, 0) is 11.2 Å². The molecule has 0 spiro atoms. The number of hydrogen-bond acceptors (Lipinski definition) is 6. The van der Waals surface area contributed by atoms with Gasteiger partial charge < -0.3 is 14.8 Å². The molecule has 0 fully saturated rings. The van der Waals surface area contributed by atoms with Gasteiger partial charge in [0.15, 0.2) is 0 Å². The Bertz CT molecular complexity index is 1120. The highest BCUT2D eigenvalue weighted by atomic mass is 16.5. The molecular formula is C26H28N4O3. The molecule has 0 aliphatic carbocycles. The third kappa shape index (κ3) is 6.86. The van der Waals surface area contributed by atoms with Crippen molar-refractivity contribution >= 4 is 5.91 Å². The molecule has 7 nitrogen and oxygen atoms in total. The fourth-order valence-corrected chi connectivity index (χ4v) is 3.13. The summed E-state index contributed by atoms with van der Waals surface area (Å²) in [6.07, 6.45) is 2.24. The van der Waals surface area contributed by atoms with Crippen LogP contribution in [0.15, 0.2) is 54.7 Å². The molecule has 0 unspecified atom stereocenters. The summed E-state index contributed by atoms with van der Waals surface area (Å²) in [5.74, 6) is 1.48. The van der Waals surface area contributed by atoms with Crippen molar-refractivity contribution in [3.63, 3.8) is 0 Å². The van der Waals surface area contributed by atoms with Crippen molar-refractivity contribution in [2.75, 3.05) is 26.9 Å². The number of carbonyl (C=O) groups excluding carboxylic acids is 1. The standard InChI is InChI=1S/C26H28N4O3/c1-18(2)17-33-24-9-8-21(15-22(24)16-27)23-10-11-28-25(30-23)14-19-4-6-20(7-5-19)26(31)29-12-13-32-3/h4-11,15,18H,12-14,17H2,1-3H3,(H,29,31). The molecule has 0 atom stereocenters. The number of ether oxygens (including phenoxy) is 2. The molecule has 1 N–H and O–H groups in total. The number of benzene rings is 2. The lowest BCUT2D eigenvalue weighted by molar-refractivity contribution is 0.0937. The smallest absolute Gasteiger partial charge is 0.251 e. The number of hydrogen-bond donors (Lipinski definition) is 1. The molecule has 1 amide bonds. The number of methoxy groups -OCH3 is 1. The molecule has 0 bridgehead atoms. The minimum atomic E-state index is -0.133. The summed E-state index contributed by atoms with van der Waals surface area (Å²) in [5, 5.41) is 12.3. The monoisotopic (exact) mass is 444 g/mol. The zero-order valence-corrected chi connectivity index (χ0v) is 19.2. The number of rotatable bonds is 10. The normalized spacial score (nSPS) is 10.6. The molecular weight excluding hydrogens is 416 g/mol. The molecule has 0 aliphatic heterocycles. The number of nitrogens with zero attached hydrogens (tertiary/aromatic N) is 3. The van der Waals surface area contributed by atoms with Crippen molar-refractivity contribution in [3.8, 4) is 23.1 Å². The highest BCUT2D eigenvalue weighted by Gasteiger charge is 2.10. The van der Waals surface area contributed by atoms with E-state index < -0.39 is 0 Å². The van der Waals surface area contributed by atoms with E-state index in [1.165, 1.54) is 0 Å². The van der Waals surface area contributed by atoms with Crippen LogP contribution in [0.2, 0.25) is 0 Å². The Kier molecular flexibility index (Phi) is 8.50. The van der Waals surface area contributed by atoms with Crippen LogP contribution in [0.25, 0.3) is 11.3 Å². The summed E-state index contributed by atoms with van der Waals surface area (Å²) in [6, 6.07) is 16.9. The van der Waals surface area contributed by atoms with Crippen molar-refractivity contribution in [2.24, 2.45) is 5.92 Å². The van der Waals surface area contributed by atoms with E-state index in [-0.39, 0.29) is 5.91 Å². The molecule has 2 aromatic carbocycles. The Labute approximate surface area is 194 Å². The van der Waals surface area contributed by atoms with Gasteiger partial charge in [0.05, 0.1) is 24.5 Å². The van der Waals surface area contributed by atoms with Gasteiger partial charge in [-0.3, -0.25) is 4.79 Å². The molecule has 1 heterocycles. The topological polar surface area (TPSA) is 97.1 Å². The quantitative estimate of drug-likeness (QED) is 0.475. The summed E-state index contributed by atoms with van der Waals surface area (Å²) >= 11 is 0. The Morgan fingerprint density at radius 3 is 2.64 bits per heavy atom. The van der Waals surface area contributed by atoms with E-state index in [4.69, 9.17) is 9.47 Å². The molecule has 0 saturated heterocycles. The van der Waals surface area contributed by atoms with Crippen molar-refractivity contribution < 1.29 is 14.3 Å². The zero-order valence-electron chi connectivity index (χ0n) is 19.2. The zero-order chi connectivity index (χ0) is 23.6.